The van der Waals surface area contributed by atoms with Crippen LogP contribution in [-0.4, -0.2) is 33.8 Å². The van der Waals surface area contributed by atoms with Crippen LogP contribution in [0, 0.1) is 10.1 Å². The van der Waals surface area contributed by atoms with Gasteiger partial charge in [0, 0.05) is 18.2 Å². The van der Waals surface area contributed by atoms with E-state index in [-0.39, 0.29) is 23.7 Å². The summed E-state index contributed by atoms with van der Waals surface area (Å²) in [7, 11) is 0. The summed E-state index contributed by atoms with van der Waals surface area (Å²) in [6.07, 6.45) is 2.93. The van der Waals surface area contributed by atoms with Crippen molar-refractivity contribution < 1.29 is 14.5 Å². The van der Waals surface area contributed by atoms with Crippen LogP contribution in [0.2, 0.25) is 0 Å². The average Bonchev–Trinajstić information content (AvgIpc) is 2.61. The van der Waals surface area contributed by atoms with Crippen LogP contribution in [0.5, 0.6) is 0 Å². The summed E-state index contributed by atoms with van der Waals surface area (Å²) in [6, 6.07) is 4.80. The van der Waals surface area contributed by atoms with Gasteiger partial charge in [-0.15, -0.1) is 0 Å². The number of nitro benzene ring substituents is 1. The zero-order valence-corrected chi connectivity index (χ0v) is 11.6. The minimum atomic E-state index is -0.513. The first-order valence-electron chi connectivity index (χ1n) is 6.91. The first-order chi connectivity index (χ1) is 10.0. The van der Waals surface area contributed by atoms with Crippen molar-refractivity contribution in [2.75, 3.05) is 4.90 Å². The van der Waals surface area contributed by atoms with Gasteiger partial charge in [0.05, 0.1) is 10.6 Å². The normalized spacial score (nSPS) is 22.6. The van der Waals surface area contributed by atoms with Crippen molar-refractivity contribution in [1.29, 1.82) is 0 Å². The molecular formula is C14H15N3O4. The summed E-state index contributed by atoms with van der Waals surface area (Å²) in [5.41, 5.74) is 0.311. The van der Waals surface area contributed by atoms with Crippen molar-refractivity contribution in [3.8, 4) is 0 Å². The van der Waals surface area contributed by atoms with E-state index in [2.05, 4.69) is 0 Å². The van der Waals surface area contributed by atoms with E-state index in [1.54, 1.807) is 11.8 Å². The number of imide groups is 1. The number of non-ortho nitro benzene ring substituents is 1. The van der Waals surface area contributed by atoms with Gasteiger partial charge in [0.25, 0.3) is 11.6 Å². The lowest BCUT2D eigenvalue weighted by atomic mass is 9.91. The number of amides is 3. The van der Waals surface area contributed by atoms with Crippen molar-refractivity contribution in [3.05, 3.63) is 34.4 Å². The quantitative estimate of drug-likeness (QED) is 0.485. The molecule has 2 aliphatic rings. The summed E-state index contributed by atoms with van der Waals surface area (Å²) in [4.78, 5) is 37.7. The lowest BCUT2D eigenvalue weighted by molar-refractivity contribution is -0.384. The van der Waals surface area contributed by atoms with Gasteiger partial charge in [0.2, 0.25) is 0 Å². The molecule has 2 fully saturated rings. The number of anilines is 1. The third-order valence-electron chi connectivity index (χ3n) is 4.19. The van der Waals surface area contributed by atoms with Gasteiger partial charge in [-0.1, -0.05) is 0 Å². The molecule has 21 heavy (non-hydrogen) atoms. The highest BCUT2D eigenvalue weighted by atomic mass is 16.6. The smallest absolute Gasteiger partial charge is 0.309 e. The highest BCUT2D eigenvalue weighted by molar-refractivity contribution is 6.21. The van der Waals surface area contributed by atoms with E-state index in [1.165, 1.54) is 24.3 Å². The zero-order valence-electron chi connectivity index (χ0n) is 11.6. The Morgan fingerprint density at radius 1 is 1.19 bits per heavy atom. The van der Waals surface area contributed by atoms with Crippen LogP contribution in [0.3, 0.4) is 0 Å². The van der Waals surface area contributed by atoms with Crippen LogP contribution in [0.1, 0.15) is 26.2 Å². The van der Waals surface area contributed by atoms with E-state index >= 15 is 0 Å². The molecule has 1 aliphatic carbocycles. The molecule has 0 aromatic heterocycles. The predicted molar refractivity (Wildman–Crippen MR) is 74.9 cm³/mol. The van der Waals surface area contributed by atoms with Gasteiger partial charge in [-0.2, -0.15) is 0 Å². The number of hydrogen-bond donors (Lipinski definition) is 0. The molecule has 1 heterocycles. The molecule has 1 aromatic carbocycles. The minimum absolute atomic E-state index is 0.0678. The van der Waals surface area contributed by atoms with E-state index < -0.39 is 11.0 Å². The molecule has 1 aliphatic heterocycles. The predicted octanol–water partition coefficient (Wildman–Crippen LogP) is 2.30. The molecular weight excluding hydrogens is 274 g/mol. The Bertz CT molecular complexity index is 609. The molecule has 0 spiro atoms. The molecule has 3 rings (SSSR count). The van der Waals surface area contributed by atoms with Crippen LogP contribution in [-0.2, 0) is 4.79 Å². The van der Waals surface area contributed by atoms with Crippen molar-refractivity contribution in [1.82, 2.24) is 4.90 Å². The molecule has 3 amide bonds. The molecule has 1 aromatic rings. The highest BCUT2D eigenvalue weighted by Crippen LogP contribution is 2.34. The van der Waals surface area contributed by atoms with E-state index in [0.717, 1.165) is 24.2 Å². The van der Waals surface area contributed by atoms with E-state index in [9.17, 15) is 19.7 Å². The summed E-state index contributed by atoms with van der Waals surface area (Å²) >= 11 is 0. The fourth-order valence-electron chi connectivity index (χ4n) is 2.78. The first-order valence-corrected chi connectivity index (χ1v) is 6.91. The van der Waals surface area contributed by atoms with Crippen LogP contribution in [0.25, 0.3) is 0 Å². The second-order valence-electron chi connectivity index (χ2n) is 5.40. The molecule has 1 saturated heterocycles. The van der Waals surface area contributed by atoms with Gasteiger partial charge in [0.1, 0.15) is 6.04 Å². The maximum atomic E-state index is 12.5. The third kappa shape index (κ3) is 2.05. The van der Waals surface area contributed by atoms with Crippen LogP contribution in [0.15, 0.2) is 24.3 Å². The number of benzene rings is 1. The van der Waals surface area contributed by atoms with Gasteiger partial charge in [0.15, 0.2) is 0 Å². The standard InChI is InChI=1S/C14H15N3O4/c1-9-13(18)16(14(19)15(9)10-3-2-4-10)11-5-7-12(8-6-11)17(20)21/h5-10H,2-4H2,1H3/t9-/m1/s1. The van der Waals surface area contributed by atoms with Gasteiger partial charge in [-0.25, -0.2) is 9.69 Å². The Morgan fingerprint density at radius 2 is 1.81 bits per heavy atom. The van der Waals surface area contributed by atoms with Crippen LogP contribution in [0.4, 0.5) is 16.2 Å². The maximum Gasteiger partial charge on any atom is 0.332 e. The van der Waals surface area contributed by atoms with Gasteiger partial charge in [-0.05, 0) is 38.3 Å². The van der Waals surface area contributed by atoms with Crippen LogP contribution >= 0.6 is 0 Å². The fourth-order valence-corrected chi connectivity index (χ4v) is 2.78. The Morgan fingerprint density at radius 3 is 2.29 bits per heavy atom. The van der Waals surface area contributed by atoms with E-state index in [4.69, 9.17) is 0 Å². The molecule has 0 unspecified atom stereocenters. The SMILES string of the molecule is C[C@@H]1C(=O)N(c2ccc([N+](=O)[O-])cc2)C(=O)N1C1CCC1. The van der Waals surface area contributed by atoms with Crippen molar-refractivity contribution >= 4 is 23.3 Å². The maximum absolute atomic E-state index is 12.5. The lowest BCUT2D eigenvalue weighted by Gasteiger charge is -2.35. The molecule has 0 N–H and O–H groups in total. The molecule has 1 saturated carbocycles. The minimum Gasteiger partial charge on any atom is -0.309 e. The number of carbonyl (C=O) groups is 2. The number of carbonyl (C=O) groups excluding carboxylic acids is 2. The highest BCUT2D eigenvalue weighted by Gasteiger charge is 2.47. The summed E-state index contributed by atoms with van der Waals surface area (Å²) < 4.78 is 0. The summed E-state index contributed by atoms with van der Waals surface area (Å²) in [5.74, 6) is -0.277. The number of nitro groups is 1. The average molecular weight is 289 g/mol. The molecule has 1 atom stereocenters. The van der Waals surface area contributed by atoms with E-state index in [0.29, 0.717) is 5.69 Å². The van der Waals surface area contributed by atoms with Gasteiger partial charge in [-0.3, -0.25) is 14.9 Å². The molecule has 0 radical (unpaired) electrons. The number of nitrogens with zero attached hydrogens (tertiary/aromatic N) is 3. The third-order valence-corrected chi connectivity index (χ3v) is 4.19. The fraction of sp³-hybridized carbons (Fsp3) is 0.429. The first kappa shape index (κ1) is 13.5. The lowest BCUT2D eigenvalue weighted by Crippen LogP contribution is -2.45. The molecule has 0 bridgehead atoms. The Balaban J connectivity index is 1.89. The molecule has 7 nitrogen and oxygen atoms in total. The second-order valence-corrected chi connectivity index (χ2v) is 5.40. The largest absolute Gasteiger partial charge is 0.332 e. The zero-order chi connectivity index (χ0) is 15.1. The topological polar surface area (TPSA) is 83.8 Å². The second kappa shape index (κ2) is 4.83. The number of rotatable bonds is 3. The molecule has 7 heteroatoms. The number of urea groups is 1. The Labute approximate surface area is 121 Å². The van der Waals surface area contributed by atoms with Crippen molar-refractivity contribution in [3.63, 3.8) is 0 Å². The van der Waals surface area contributed by atoms with E-state index in [1.807, 2.05) is 0 Å². The van der Waals surface area contributed by atoms with Gasteiger partial charge < -0.3 is 4.90 Å². The van der Waals surface area contributed by atoms with Crippen molar-refractivity contribution in [2.24, 2.45) is 0 Å². The summed E-state index contributed by atoms with van der Waals surface area (Å²) in [5, 5.41) is 10.7. The van der Waals surface area contributed by atoms with Gasteiger partial charge >= 0.3 is 6.03 Å². The monoisotopic (exact) mass is 289 g/mol. The number of hydrogen-bond acceptors (Lipinski definition) is 4. The van der Waals surface area contributed by atoms with Crippen molar-refractivity contribution in [2.45, 2.75) is 38.3 Å². The Kier molecular flexibility index (Phi) is 3.12. The Hall–Kier alpha value is -2.44. The van der Waals surface area contributed by atoms with Crippen LogP contribution < -0.4 is 4.90 Å². The summed E-state index contributed by atoms with van der Waals surface area (Å²) in [6.45, 7) is 1.73. The molecule has 110 valence electrons.